The second-order valence-corrected chi connectivity index (χ2v) is 12.4. The Balaban J connectivity index is 1.98. The summed E-state index contributed by atoms with van der Waals surface area (Å²) in [6, 6.07) is 29.0. The number of hydrogen-bond donors (Lipinski definition) is 1. The number of nitrogens with zero attached hydrogens (tertiary/aromatic N) is 2. The molecule has 0 amide bonds. The SMILES string of the molecule is CNCC(CCOC(c1ccccc1)(c1ccc(OC)cc1)c1ccc(OC)cc1)OP(OCCC#N)N(C(C)C)C(C)C. The molecule has 8 nitrogen and oxygen atoms in total. The first kappa shape index (κ1) is 35.5. The van der Waals surface area contributed by atoms with E-state index in [9.17, 15) is 0 Å². The molecular formula is C35H48N3O5P. The van der Waals surface area contributed by atoms with Crippen LogP contribution in [-0.4, -0.2) is 63.9 Å². The van der Waals surface area contributed by atoms with Gasteiger partial charge in [0, 0.05) is 18.6 Å². The van der Waals surface area contributed by atoms with Crippen LogP contribution in [0.3, 0.4) is 0 Å². The van der Waals surface area contributed by atoms with E-state index in [-0.39, 0.29) is 18.2 Å². The standard InChI is InChI=1S/C35H48N3O5P/c1-27(2)38(28(3)4)44(42-24-11-23-36)43-34(26-37-5)22-25-41-35(29-12-9-8-10-13-29,30-14-18-32(39-6)19-15-30)31-16-20-33(40-7)21-17-31/h8-10,12-21,27-28,34,37H,11,22,24-26H2,1-7H3. The molecule has 3 rings (SSSR count). The lowest BCUT2D eigenvalue weighted by atomic mass is 9.80. The van der Waals surface area contributed by atoms with Crippen LogP contribution in [0.2, 0.25) is 0 Å². The molecule has 0 aliphatic rings. The van der Waals surface area contributed by atoms with Gasteiger partial charge in [-0.1, -0.05) is 54.6 Å². The van der Waals surface area contributed by atoms with Crippen molar-refractivity contribution in [1.29, 1.82) is 5.26 Å². The molecule has 1 N–H and O–H groups in total. The molecule has 0 aromatic heterocycles. The summed E-state index contributed by atoms with van der Waals surface area (Å²) in [5.74, 6) is 1.55. The van der Waals surface area contributed by atoms with Crippen molar-refractivity contribution in [3.05, 3.63) is 95.6 Å². The van der Waals surface area contributed by atoms with Crippen molar-refractivity contribution in [2.45, 2.75) is 64.3 Å². The van der Waals surface area contributed by atoms with Gasteiger partial charge in [0.2, 0.25) is 0 Å². The Morgan fingerprint density at radius 1 is 0.795 bits per heavy atom. The third-order valence-corrected chi connectivity index (χ3v) is 9.45. The molecule has 0 spiro atoms. The van der Waals surface area contributed by atoms with Gasteiger partial charge in [-0.15, -0.1) is 0 Å². The van der Waals surface area contributed by atoms with Crippen LogP contribution in [0.15, 0.2) is 78.9 Å². The highest BCUT2D eigenvalue weighted by atomic mass is 31.2. The smallest absolute Gasteiger partial charge is 0.259 e. The summed E-state index contributed by atoms with van der Waals surface area (Å²) in [4.78, 5) is 0. The molecule has 0 bridgehead atoms. The van der Waals surface area contributed by atoms with Crippen molar-refractivity contribution in [2.24, 2.45) is 0 Å². The first-order valence-electron chi connectivity index (χ1n) is 15.2. The van der Waals surface area contributed by atoms with Gasteiger partial charge in [-0.2, -0.15) is 5.26 Å². The first-order chi connectivity index (χ1) is 21.3. The lowest BCUT2D eigenvalue weighted by Crippen LogP contribution is -2.37. The molecule has 0 saturated heterocycles. The van der Waals surface area contributed by atoms with Gasteiger partial charge in [0.25, 0.3) is 8.53 Å². The molecule has 0 fully saturated rings. The van der Waals surface area contributed by atoms with E-state index >= 15 is 0 Å². The zero-order valence-corrected chi connectivity index (χ0v) is 28.1. The van der Waals surface area contributed by atoms with Gasteiger partial charge in [-0.05, 0) is 82.1 Å². The Hall–Kier alpha value is -3.02. The molecule has 2 unspecified atom stereocenters. The molecule has 44 heavy (non-hydrogen) atoms. The number of nitriles is 1. The van der Waals surface area contributed by atoms with Crippen molar-refractivity contribution in [3.8, 4) is 17.6 Å². The number of likely N-dealkylation sites (N-methyl/N-ethyl adjacent to an activating group) is 1. The summed E-state index contributed by atoms with van der Waals surface area (Å²) in [5.41, 5.74) is 2.07. The highest BCUT2D eigenvalue weighted by Gasteiger charge is 2.38. The molecule has 0 aliphatic carbocycles. The molecule has 0 radical (unpaired) electrons. The fourth-order valence-corrected chi connectivity index (χ4v) is 7.00. The maximum atomic E-state index is 9.12. The summed E-state index contributed by atoms with van der Waals surface area (Å²) < 4.78 is 33.2. The van der Waals surface area contributed by atoms with Gasteiger partial charge < -0.3 is 28.6 Å². The van der Waals surface area contributed by atoms with E-state index in [0.717, 1.165) is 28.2 Å². The van der Waals surface area contributed by atoms with E-state index in [1.807, 2.05) is 49.5 Å². The van der Waals surface area contributed by atoms with Gasteiger partial charge in [0.1, 0.15) is 17.1 Å². The summed E-state index contributed by atoms with van der Waals surface area (Å²) >= 11 is 0. The molecule has 238 valence electrons. The predicted octanol–water partition coefficient (Wildman–Crippen LogP) is 7.28. The summed E-state index contributed by atoms with van der Waals surface area (Å²) in [6.45, 7) is 9.91. The zero-order valence-electron chi connectivity index (χ0n) is 27.2. The molecular weight excluding hydrogens is 573 g/mol. The Labute approximate surface area is 265 Å². The third-order valence-electron chi connectivity index (χ3n) is 7.27. The second kappa shape index (κ2) is 18.1. The van der Waals surface area contributed by atoms with Crippen LogP contribution in [-0.2, 0) is 19.4 Å². The van der Waals surface area contributed by atoms with Crippen LogP contribution in [0, 0.1) is 11.3 Å². The van der Waals surface area contributed by atoms with Crippen molar-refractivity contribution < 1.29 is 23.3 Å². The highest BCUT2D eigenvalue weighted by Crippen LogP contribution is 2.48. The Kier molecular flexibility index (Phi) is 14.6. The molecule has 0 heterocycles. The van der Waals surface area contributed by atoms with E-state index in [1.165, 1.54) is 0 Å². The van der Waals surface area contributed by atoms with Crippen molar-refractivity contribution in [2.75, 3.05) is 41.0 Å². The quantitative estimate of drug-likeness (QED) is 0.0849. The number of benzene rings is 3. The van der Waals surface area contributed by atoms with Gasteiger partial charge in [-0.3, -0.25) is 0 Å². The minimum absolute atomic E-state index is 0.187. The minimum atomic E-state index is -1.39. The maximum absolute atomic E-state index is 9.12. The first-order valence-corrected chi connectivity index (χ1v) is 16.3. The van der Waals surface area contributed by atoms with Crippen LogP contribution in [0.4, 0.5) is 0 Å². The molecule has 9 heteroatoms. The number of ether oxygens (including phenoxy) is 3. The molecule has 0 saturated carbocycles. The lowest BCUT2D eigenvalue weighted by molar-refractivity contribution is -0.00376. The van der Waals surface area contributed by atoms with Gasteiger partial charge >= 0.3 is 0 Å². The van der Waals surface area contributed by atoms with Crippen LogP contribution in [0.5, 0.6) is 11.5 Å². The van der Waals surface area contributed by atoms with Crippen LogP contribution in [0.25, 0.3) is 0 Å². The fourth-order valence-electron chi connectivity index (χ4n) is 5.26. The molecule has 3 aromatic carbocycles. The highest BCUT2D eigenvalue weighted by molar-refractivity contribution is 7.44. The minimum Gasteiger partial charge on any atom is -0.497 e. The third kappa shape index (κ3) is 9.25. The molecule has 2 atom stereocenters. The normalized spacial score (nSPS) is 13.2. The number of rotatable bonds is 19. The van der Waals surface area contributed by atoms with Crippen molar-refractivity contribution in [3.63, 3.8) is 0 Å². The summed E-state index contributed by atoms with van der Waals surface area (Å²) in [6.07, 6.45) is 0.745. The monoisotopic (exact) mass is 621 g/mol. The molecule has 0 aliphatic heterocycles. The van der Waals surface area contributed by atoms with E-state index in [1.54, 1.807) is 14.2 Å². The average Bonchev–Trinajstić information content (AvgIpc) is 3.03. The van der Waals surface area contributed by atoms with E-state index < -0.39 is 14.1 Å². The number of nitrogens with one attached hydrogen (secondary N) is 1. The van der Waals surface area contributed by atoms with Crippen LogP contribution >= 0.6 is 8.53 Å². The van der Waals surface area contributed by atoms with E-state index in [0.29, 0.717) is 32.6 Å². The van der Waals surface area contributed by atoms with Crippen LogP contribution < -0.4 is 14.8 Å². The Morgan fingerprint density at radius 2 is 1.32 bits per heavy atom. The maximum Gasteiger partial charge on any atom is 0.259 e. The Morgan fingerprint density at radius 3 is 1.77 bits per heavy atom. The number of methoxy groups -OCH3 is 2. The zero-order chi connectivity index (χ0) is 32.0. The lowest BCUT2D eigenvalue weighted by Gasteiger charge is -2.38. The van der Waals surface area contributed by atoms with Crippen molar-refractivity contribution in [1.82, 2.24) is 9.99 Å². The van der Waals surface area contributed by atoms with E-state index in [4.69, 9.17) is 28.5 Å². The van der Waals surface area contributed by atoms with Gasteiger partial charge in [0.15, 0.2) is 0 Å². The molecule has 3 aromatic rings. The topological polar surface area (TPSA) is 85.2 Å². The number of hydrogen-bond acceptors (Lipinski definition) is 8. The fraction of sp³-hybridized carbons (Fsp3) is 0.457. The van der Waals surface area contributed by atoms with Gasteiger partial charge in [0.05, 0.1) is 46.0 Å². The summed E-state index contributed by atoms with van der Waals surface area (Å²) in [5, 5.41) is 12.4. The predicted molar refractivity (Wildman–Crippen MR) is 177 cm³/mol. The average molecular weight is 622 g/mol. The van der Waals surface area contributed by atoms with E-state index in [2.05, 4.69) is 80.1 Å². The van der Waals surface area contributed by atoms with Gasteiger partial charge in [-0.25, -0.2) is 4.67 Å². The van der Waals surface area contributed by atoms with Crippen molar-refractivity contribution >= 4 is 8.53 Å². The van der Waals surface area contributed by atoms with Crippen LogP contribution in [0.1, 0.15) is 57.2 Å². The Bertz CT molecular complexity index is 1210. The second-order valence-electron chi connectivity index (χ2n) is 11.0. The largest absolute Gasteiger partial charge is 0.497 e. The summed E-state index contributed by atoms with van der Waals surface area (Å²) in [7, 11) is 3.86.